The lowest BCUT2D eigenvalue weighted by molar-refractivity contribution is -0.647. The molecule has 1 N–H and O–H groups in total. The molecule has 0 saturated carbocycles. The van der Waals surface area contributed by atoms with E-state index in [1.54, 1.807) is 9.48 Å². The second-order valence-electron chi connectivity index (χ2n) is 6.90. The molecule has 0 aliphatic rings. The van der Waals surface area contributed by atoms with Gasteiger partial charge in [-0.1, -0.05) is 77.5 Å². The monoisotopic (exact) mass is 405 g/mol. The van der Waals surface area contributed by atoms with Gasteiger partial charge >= 0.3 is 5.95 Å². The van der Waals surface area contributed by atoms with Crippen LogP contribution in [0.15, 0.2) is 121 Å². The Morgan fingerprint density at radius 2 is 1.10 bits per heavy atom. The molecule has 0 spiro atoms. The molecular weight excluding hydrogens is 384 g/mol. The van der Waals surface area contributed by atoms with Crippen LogP contribution in [0.1, 0.15) is 0 Å². The van der Waals surface area contributed by atoms with E-state index in [-0.39, 0.29) is 0 Å². The first-order valence-corrected chi connectivity index (χ1v) is 10.1. The molecule has 5 rings (SSSR count). The van der Waals surface area contributed by atoms with Crippen LogP contribution < -0.4 is 15.1 Å². The van der Waals surface area contributed by atoms with Crippen LogP contribution in [-0.2, 0) is 0 Å². The summed E-state index contributed by atoms with van der Waals surface area (Å²) in [4.78, 5) is 1.63. The van der Waals surface area contributed by atoms with Crippen molar-refractivity contribution in [3.8, 4) is 11.4 Å². The first-order valence-electron chi connectivity index (χ1n) is 10.1. The van der Waals surface area contributed by atoms with E-state index >= 15 is 0 Å². The summed E-state index contributed by atoms with van der Waals surface area (Å²) in [5.41, 5.74) is 7.24. The highest BCUT2D eigenvalue weighted by Crippen LogP contribution is 2.24. The van der Waals surface area contributed by atoms with Gasteiger partial charge in [-0.15, -0.1) is 0 Å². The Hall–Kier alpha value is -4.45. The van der Waals surface area contributed by atoms with E-state index in [4.69, 9.17) is 10.3 Å². The maximum absolute atomic E-state index is 4.76. The Bertz CT molecular complexity index is 1200. The molecule has 0 radical (unpaired) electrons. The summed E-state index contributed by atoms with van der Waals surface area (Å²) in [6.45, 7) is 0. The number of para-hydroxylation sites is 4. The van der Waals surface area contributed by atoms with E-state index in [0.29, 0.717) is 5.95 Å². The van der Waals surface area contributed by atoms with Crippen LogP contribution in [0.25, 0.3) is 11.4 Å². The summed E-state index contributed by atoms with van der Waals surface area (Å²) in [6.07, 6.45) is 0. The minimum atomic E-state index is 0.586. The molecule has 0 aliphatic carbocycles. The van der Waals surface area contributed by atoms with Crippen molar-refractivity contribution in [2.75, 3.05) is 10.4 Å². The zero-order valence-corrected chi connectivity index (χ0v) is 16.8. The average Bonchev–Trinajstić information content (AvgIpc) is 3.29. The summed E-state index contributed by atoms with van der Waals surface area (Å²) in [7, 11) is 0. The third-order valence-corrected chi connectivity index (χ3v) is 4.79. The summed E-state index contributed by atoms with van der Waals surface area (Å²) in [6, 6.07) is 40.1. The third-order valence-electron chi connectivity index (χ3n) is 4.79. The number of hydrazine groups is 1. The highest BCUT2D eigenvalue weighted by Gasteiger charge is 2.24. The van der Waals surface area contributed by atoms with Gasteiger partial charge in [-0.2, -0.15) is 5.43 Å². The second-order valence-corrected chi connectivity index (χ2v) is 6.90. The quantitative estimate of drug-likeness (QED) is 0.328. The predicted octanol–water partition coefficient (Wildman–Crippen LogP) is 4.71. The molecular formula is C25H21N6+. The Morgan fingerprint density at radius 3 is 1.65 bits per heavy atom. The molecule has 0 amide bonds. The number of rotatable bonds is 6. The average molecular weight is 405 g/mol. The Balaban J connectivity index is 1.61. The molecule has 0 fully saturated rings. The Labute approximate surface area is 180 Å². The van der Waals surface area contributed by atoms with Gasteiger partial charge in [0.2, 0.25) is 0 Å². The van der Waals surface area contributed by atoms with Crippen LogP contribution in [0.4, 0.5) is 17.3 Å². The van der Waals surface area contributed by atoms with E-state index in [1.165, 1.54) is 0 Å². The van der Waals surface area contributed by atoms with Gasteiger partial charge in [-0.05, 0) is 53.3 Å². The van der Waals surface area contributed by atoms with Gasteiger partial charge in [0.05, 0.1) is 16.5 Å². The number of nitrogens with one attached hydrogen (secondary N) is 1. The zero-order chi connectivity index (χ0) is 20.9. The van der Waals surface area contributed by atoms with E-state index in [9.17, 15) is 0 Å². The van der Waals surface area contributed by atoms with E-state index < -0.39 is 0 Å². The van der Waals surface area contributed by atoms with Crippen LogP contribution in [-0.4, -0.2) is 15.1 Å². The van der Waals surface area contributed by atoms with Crippen molar-refractivity contribution in [1.82, 2.24) is 15.1 Å². The Kier molecular flexibility index (Phi) is 5.10. The maximum atomic E-state index is 4.76. The summed E-state index contributed by atoms with van der Waals surface area (Å²) in [5, 5.41) is 11.5. The molecule has 0 atom stereocenters. The summed E-state index contributed by atoms with van der Waals surface area (Å²) < 4.78 is 1.80. The molecule has 6 heteroatoms. The normalized spacial score (nSPS) is 10.6. The highest BCUT2D eigenvalue weighted by molar-refractivity contribution is 5.65. The number of benzene rings is 4. The fourth-order valence-corrected chi connectivity index (χ4v) is 3.30. The fourth-order valence-electron chi connectivity index (χ4n) is 3.30. The van der Waals surface area contributed by atoms with Crippen LogP contribution in [0.2, 0.25) is 0 Å². The highest BCUT2D eigenvalue weighted by atomic mass is 15.7. The molecule has 0 bridgehead atoms. The molecule has 0 saturated heterocycles. The number of anilines is 3. The van der Waals surface area contributed by atoms with Gasteiger partial charge in [0.1, 0.15) is 11.4 Å². The molecule has 4 aromatic carbocycles. The van der Waals surface area contributed by atoms with Gasteiger partial charge in [-0.3, -0.25) is 0 Å². The van der Waals surface area contributed by atoms with Crippen molar-refractivity contribution in [2.24, 2.45) is 0 Å². The van der Waals surface area contributed by atoms with Gasteiger partial charge in [0, 0.05) is 5.21 Å². The van der Waals surface area contributed by atoms with Crippen LogP contribution in [0.3, 0.4) is 0 Å². The lowest BCUT2D eigenvalue weighted by Gasteiger charge is -2.21. The minimum absolute atomic E-state index is 0.586. The molecule has 150 valence electrons. The topological polar surface area (TPSA) is 49.9 Å². The largest absolute Gasteiger partial charge is 0.425 e. The summed E-state index contributed by atoms with van der Waals surface area (Å²) >= 11 is 0. The third kappa shape index (κ3) is 4.00. The standard InChI is InChI=1S/C25H21N6/c1-5-13-21(14-6-1)29(22-15-7-2-8-16-22)26-25-27-31(24-19-11-4-12-20-24)28-30(25)23-17-9-3-10-18-23/h1-20H,(H,26,27,28)/q+1. The minimum Gasteiger partial charge on any atom is -0.218 e. The van der Waals surface area contributed by atoms with Gasteiger partial charge in [0.15, 0.2) is 0 Å². The second kappa shape index (κ2) is 8.51. The Morgan fingerprint density at radius 1 is 0.613 bits per heavy atom. The van der Waals surface area contributed by atoms with Gasteiger partial charge in [0.25, 0.3) is 0 Å². The number of aromatic nitrogens is 4. The first-order chi connectivity index (χ1) is 15.4. The smallest absolute Gasteiger partial charge is 0.218 e. The molecule has 0 unspecified atom stereocenters. The van der Waals surface area contributed by atoms with Crippen molar-refractivity contribution in [2.45, 2.75) is 0 Å². The molecule has 1 heterocycles. The molecule has 6 nitrogen and oxygen atoms in total. The number of tetrazole rings is 1. The van der Waals surface area contributed by atoms with Crippen LogP contribution >= 0.6 is 0 Å². The molecule has 0 aliphatic heterocycles. The SMILES string of the molecule is c1ccc(N(Nc2nn(-c3ccccc3)n[n+]2-c2ccccc2)c2ccccc2)cc1. The van der Waals surface area contributed by atoms with Gasteiger partial charge in [-0.25, -0.2) is 5.01 Å². The van der Waals surface area contributed by atoms with Crippen LogP contribution in [0, 0.1) is 0 Å². The summed E-state index contributed by atoms with van der Waals surface area (Å²) in [5.74, 6) is 0.586. The zero-order valence-electron chi connectivity index (χ0n) is 16.8. The first kappa shape index (κ1) is 18.6. The van der Waals surface area contributed by atoms with E-state index in [1.807, 2.05) is 102 Å². The van der Waals surface area contributed by atoms with Crippen molar-refractivity contribution >= 4 is 17.3 Å². The van der Waals surface area contributed by atoms with Crippen molar-refractivity contribution in [3.63, 3.8) is 0 Å². The maximum Gasteiger partial charge on any atom is 0.425 e. The van der Waals surface area contributed by atoms with Crippen molar-refractivity contribution < 1.29 is 4.68 Å². The number of hydrogen-bond acceptors (Lipinski definition) is 4. The molecule has 5 aromatic rings. The van der Waals surface area contributed by atoms with E-state index in [0.717, 1.165) is 22.7 Å². The van der Waals surface area contributed by atoms with E-state index in [2.05, 4.69) is 29.7 Å². The van der Waals surface area contributed by atoms with Crippen LogP contribution in [0.5, 0.6) is 0 Å². The lowest BCUT2D eigenvalue weighted by atomic mass is 10.2. The lowest BCUT2D eigenvalue weighted by Crippen LogP contribution is -2.40. The van der Waals surface area contributed by atoms with Gasteiger partial charge < -0.3 is 0 Å². The van der Waals surface area contributed by atoms with Crippen molar-refractivity contribution in [3.05, 3.63) is 121 Å². The number of hydrogen-bond donors (Lipinski definition) is 1. The number of nitrogens with zero attached hydrogens (tertiary/aromatic N) is 5. The van der Waals surface area contributed by atoms with Crippen molar-refractivity contribution in [1.29, 1.82) is 0 Å². The molecule has 1 aromatic heterocycles. The molecule has 31 heavy (non-hydrogen) atoms. The fraction of sp³-hybridized carbons (Fsp3) is 0. The predicted molar refractivity (Wildman–Crippen MR) is 122 cm³/mol.